The highest BCUT2D eigenvalue weighted by atomic mass is 35.5. The van der Waals surface area contributed by atoms with Crippen LogP contribution in [0.5, 0.6) is 0 Å². The molecule has 1 aromatic heterocycles. The minimum Gasteiger partial charge on any atom is -0.354 e. The fourth-order valence-corrected chi connectivity index (χ4v) is 3.91. The fraction of sp³-hybridized carbons (Fsp3) is 0.524. The summed E-state index contributed by atoms with van der Waals surface area (Å²) in [5.74, 6) is 1.88. The third-order valence-corrected chi connectivity index (χ3v) is 5.73. The van der Waals surface area contributed by atoms with Gasteiger partial charge in [0.1, 0.15) is 0 Å². The number of hydrogen-bond acceptors (Lipinski definition) is 5. The zero-order valence-electron chi connectivity index (χ0n) is 17.0. The number of hydrogen-bond donors (Lipinski definition) is 3. The molecule has 0 saturated heterocycles. The Morgan fingerprint density at radius 1 is 1.23 bits per heavy atom. The van der Waals surface area contributed by atoms with Gasteiger partial charge in [-0.1, -0.05) is 35.3 Å². The van der Waals surface area contributed by atoms with E-state index >= 15 is 0 Å². The summed E-state index contributed by atoms with van der Waals surface area (Å²) >= 11 is 6.03. The van der Waals surface area contributed by atoms with E-state index in [-0.39, 0.29) is 17.9 Å². The molecule has 2 fully saturated rings. The van der Waals surface area contributed by atoms with Crippen LogP contribution in [-0.4, -0.2) is 41.1 Å². The van der Waals surface area contributed by atoms with Gasteiger partial charge in [-0.25, -0.2) is 0 Å². The van der Waals surface area contributed by atoms with Crippen LogP contribution in [0.4, 0.5) is 0 Å². The number of amides is 1. The second-order valence-electron chi connectivity index (χ2n) is 7.94. The largest absolute Gasteiger partial charge is 0.354 e. The average Bonchev–Trinajstić information content (AvgIpc) is 3.44. The number of guanidine groups is 1. The van der Waals surface area contributed by atoms with Crippen molar-refractivity contribution in [1.82, 2.24) is 26.1 Å². The van der Waals surface area contributed by atoms with E-state index in [2.05, 4.69) is 31.1 Å². The quantitative estimate of drug-likeness (QED) is 0.480. The number of aromatic nitrogens is 2. The van der Waals surface area contributed by atoms with Gasteiger partial charge in [-0.3, -0.25) is 9.79 Å². The molecule has 0 aliphatic heterocycles. The molecule has 30 heavy (non-hydrogen) atoms. The zero-order chi connectivity index (χ0) is 20.9. The van der Waals surface area contributed by atoms with Crippen molar-refractivity contribution in [2.24, 2.45) is 10.9 Å². The number of nitrogens with one attached hydrogen (secondary N) is 3. The summed E-state index contributed by atoms with van der Waals surface area (Å²) in [7, 11) is 1.72. The lowest BCUT2D eigenvalue weighted by Gasteiger charge is -2.30. The highest BCUT2D eigenvalue weighted by Crippen LogP contribution is 2.27. The van der Waals surface area contributed by atoms with E-state index in [9.17, 15) is 4.79 Å². The van der Waals surface area contributed by atoms with Crippen molar-refractivity contribution in [2.45, 2.75) is 57.2 Å². The molecule has 2 saturated carbocycles. The number of halogens is 1. The maximum atomic E-state index is 12.4. The molecule has 2 atom stereocenters. The van der Waals surface area contributed by atoms with Gasteiger partial charge in [0, 0.05) is 35.6 Å². The molecule has 0 spiro atoms. The lowest BCUT2D eigenvalue weighted by Crippen LogP contribution is -2.47. The summed E-state index contributed by atoms with van der Waals surface area (Å²) in [6, 6.07) is 7.95. The Morgan fingerprint density at radius 2 is 2.10 bits per heavy atom. The first-order chi connectivity index (χ1) is 14.6. The Morgan fingerprint density at radius 3 is 2.87 bits per heavy atom. The predicted octanol–water partition coefficient (Wildman–Crippen LogP) is 2.89. The van der Waals surface area contributed by atoms with Gasteiger partial charge in [0.25, 0.3) is 0 Å². The number of carbonyl (C=O) groups is 1. The Balaban J connectivity index is 1.28. The molecule has 1 amide bonds. The minimum absolute atomic E-state index is 0.0751. The summed E-state index contributed by atoms with van der Waals surface area (Å²) in [4.78, 5) is 21.1. The van der Waals surface area contributed by atoms with Crippen LogP contribution in [0.15, 0.2) is 33.8 Å². The molecule has 0 radical (unpaired) electrons. The van der Waals surface area contributed by atoms with E-state index in [4.69, 9.17) is 16.1 Å². The van der Waals surface area contributed by atoms with Gasteiger partial charge in [0.2, 0.25) is 17.6 Å². The molecule has 2 aliphatic rings. The van der Waals surface area contributed by atoms with Crippen molar-refractivity contribution >= 4 is 23.5 Å². The van der Waals surface area contributed by atoms with Crippen molar-refractivity contribution < 1.29 is 9.32 Å². The third kappa shape index (κ3) is 5.50. The lowest BCUT2D eigenvalue weighted by atomic mass is 9.85. The van der Waals surface area contributed by atoms with E-state index in [0.717, 1.165) is 44.1 Å². The first-order valence-corrected chi connectivity index (χ1v) is 10.8. The Kier molecular flexibility index (Phi) is 6.52. The monoisotopic (exact) mass is 430 g/mol. The highest BCUT2D eigenvalue weighted by Gasteiger charge is 2.31. The van der Waals surface area contributed by atoms with E-state index in [1.807, 2.05) is 12.1 Å². The average molecular weight is 431 g/mol. The second-order valence-corrected chi connectivity index (χ2v) is 8.37. The van der Waals surface area contributed by atoms with Gasteiger partial charge >= 0.3 is 0 Å². The maximum Gasteiger partial charge on any atom is 0.246 e. The molecule has 1 heterocycles. The fourth-order valence-electron chi connectivity index (χ4n) is 3.72. The molecule has 2 aliphatic carbocycles. The van der Waals surface area contributed by atoms with Crippen LogP contribution in [0.1, 0.15) is 44.4 Å². The molecule has 4 rings (SSSR count). The number of nitrogens with zero attached hydrogens (tertiary/aromatic N) is 3. The number of rotatable bonds is 6. The van der Waals surface area contributed by atoms with Crippen molar-refractivity contribution in [3.8, 4) is 11.4 Å². The molecular weight excluding hydrogens is 404 g/mol. The Bertz CT molecular complexity index is 910. The molecule has 2 unspecified atom stereocenters. The molecule has 1 aromatic carbocycles. The highest BCUT2D eigenvalue weighted by molar-refractivity contribution is 6.30. The number of benzene rings is 1. The van der Waals surface area contributed by atoms with Crippen molar-refractivity contribution in [3.63, 3.8) is 0 Å². The van der Waals surface area contributed by atoms with Crippen LogP contribution in [0.2, 0.25) is 5.02 Å². The Labute approximate surface area is 180 Å². The molecule has 160 valence electrons. The summed E-state index contributed by atoms with van der Waals surface area (Å²) in [5, 5.41) is 14.4. The second kappa shape index (κ2) is 9.47. The molecule has 2 aromatic rings. The topological polar surface area (TPSA) is 104 Å². The standard InChI is InChI=1S/C21H27ClN6O2/c1-23-21(26-17-7-3-5-14(11-17)20(29)25-16-8-9-16)24-12-18-27-19(28-30-18)13-4-2-6-15(22)10-13/h2,4,6,10,14,16-17H,3,5,7-9,11-12H2,1H3,(H,25,29)(H2,23,24,26). The minimum atomic E-state index is 0.0751. The summed E-state index contributed by atoms with van der Waals surface area (Å²) < 4.78 is 5.33. The van der Waals surface area contributed by atoms with Crippen LogP contribution < -0.4 is 16.0 Å². The molecule has 0 bridgehead atoms. The van der Waals surface area contributed by atoms with Crippen molar-refractivity contribution in [3.05, 3.63) is 35.2 Å². The lowest BCUT2D eigenvalue weighted by molar-refractivity contribution is -0.126. The van der Waals surface area contributed by atoms with Gasteiger partial charge in [0.15, 0.2) is 5.96 Å². The van der Waals surface area contributed by atoms with Crippen LogP contribution in [0, 0.1) is 5.92 Å². The van der Waals surface area contributed by atoms with Crippen LogP contribution in [0.25, 0.3) is 11.4 Å². The van der Waals surface area contributed by atoms with E-state index in [0.29, 0.717) is 35.3 Å². The summed E-state index contributed by atoms with van der Waals surface area (Å²) in [6.07, 6.45) is 6.06. The SMILES string of the molecule is CN=C(NCc1nc(-c2cccc(Cl)c2)no1)NC1CCCC(C(=O)NC2CC2)C1. The van der Waals surface area contributed by atoms with Crippen LogP contribution >= 0.6 is 11.6 Å². The van der Waals surface area contributed by atoms with Crippen LogP contribution in [-0.2, 0) is 11.3 Å². The first-order valence-electron chi connectivity index (χ1n) is 10.5. The molecule has 8 nitrogen and oxygen atoms in total. The van der Waals surface area contributed by atoms with Gasteiger partial charge in [0.05, 0.1) is 6.54 Å². The van der Waals surface area contributed by atoms with Crippen LogP contribution in [0.3, 0.4) is 0 Å². The number of aliphatic imine (C=N–C) groups is 1. The molecule has 3 N–H and O–H groups in total. The molecular formula is C21H27ClN6O2. The van der Waals surface area contributed by atoms with Gasteiger partial charge in [-0.2, -0.15) is 4.98 Å². The Hall–Kier alpha value is -2.61. The van der Waals surface area contributed by atoms with E-state index < -0.39 is 0 Å². The van der Waals surface area contributed by atoms with Gasteiger partial charge in [-0.15, -0.1) is 0 Å². The van der Waals surface area contributed by atoms with E-state index in [1.165, 1.54) is 0 Å². The summed E-state index contributed by atoms with van der Waals surface area (Å²) in [6.45, 7) is 0.353. The maximum absolute atomic E-state index is 12.4. The van der Waals surface area contributed by atoms with Crippen molar-refractivity contribution in [2.75, 3.05) is 7.05 Å². The van der Waals surface area contributed by atoms with Gasteiger partial charge < -0.3 is 20.5 Å². The first kappa shape index (κ1) is 20.7. The third-order valence-electron chi connectivity index (χ3n) is 5.49. The van der Waals surface area contributed by atoms with Gasteiger partial charge in [-0.05, 0) is 44.2 Å². The van der Waals surface area contributed by atoms with E-state index in [1.54, 1.807) is 19.2 Å². The zero-order valence-corrected chi connectivity index (χ0v) is 17.8. The molecule has 9 heteroatoms. The smallest absolute Gasteiger partial charge is 0.246 e. The predicted molar refractivity (Wildman–Crippen MR) is 115 cm³/mol. The normalized spacial score (nSPS) is 21.9. The van der Waals surface area contributed by atoms with Crippen molar-refractivity contribution in [1.29, 1.82) is 0 Å². The number of carbonyl (C=O) groups excluding carboxylic acids is 1. The summed E-state index contributed by atoms with van der Waals surface area (Å²) in [5.41, 5.74) is 0.803.